The first kappa shape index (κ1) is 12.9. The van der Waals surface area contributed by atoms with Gasteiger partial charge < -0.3 is 10.6 Å². The van der Waals surface area contributed by atoms with Gasteiger partial charge in [0.2, 0.25) is 0 Å². The van der Waals surface area contributed by atoms with Crippen LogP contribution in [0.15, 0.2) is 23.2 Å². The quantitative estimate of drug-likeness (QED) is 0.874. The number of hydrogen-bond acceptors (Lipinski definition) is 3. The van der Waals surface area contributed by atoms with Crippen LogP contribution in [-0.4, -0.2) is 23.4 Å². The largest absolute Gasteiger partial charge is 0.370 e. The van der Waals surface area contributed by atoms with E-state index in [-0.39, 0.29) is 17.4 Å². The molecule has 0 saturated carbocycles. The lowest BCUT2D eigenvalue weighted by Gasteiger charge is -2.39. The van der Waals surface area contributed by atoms with Crippen LogP contribution in [0, 0.1) is 12.7 Å². The Hall–Kier alpha value is -1.58. The first-order valence-corrected chi connectivity index (χ1v) is 6.22. The molecule has 0 aliphatic carbocycles. The second kappa shape index (κ2) is 4.26. The zero-order chi connectivity index (χ0) is 13.5. The minimum absolute atomic E-state index is 0.178. The topological polar surface area (TPSA) is 41.6 Å². The van der Waals surface area contributed by atoms with Gasteiger partial charge in [0.1, 0.15) is 5.82 Å². The van der Waals surface area contributed by atoms with Crippen molar-refractivity contribution >= 4 is 5.96 Å². The fraction of sp³-hybridized carbons (Fsp3) is 0.500. The van der Waals surface area contributed by atoms with Gasteiger partial charge in [-0.3, -0.25) is 4.99 Å². The monoisotopic (exact) mass is 249 g/mol. The summed E-state index contributed by atoms with van der Waals surface area (Å²) in [5.74, 6) is 0.358. The number of hydrogen-bond donors (Lipinski definition) is 1. The molecular formula is C14H20FN3. The van der Waals surface area contributed by atoms with Crippen LogP contribution in [0.5, 0.6) is 0 Å². The number of nitrogens with two attached hydrogens (primary N) is 1. The van der Waals surface area contributed by atoms with Crippen molar-refractivity contribution in [1.82, 2.24) is 4.90 Å². The van der Waals surface area contributed by atoms with E-state index in [1.54, 1.807) is 13.0 Å². The maximum absolute atomic E-state index is 13.7. The molecule has 0 bridgehead atoms. The minimum atomic E-state index is -0.354. The average molecular weight is 249 g/mol. The van der Waals surface area contributed by atoms with Crippen LogP contribution in [-0.2, 0) is 5.54 Å². The third-order valence-corrected chi connectivity index (χ3v) is 3.64. The van der Waals surface area contributed by atoms with E-state index in [9.17, 15) is 4.39 Å². The average Bonchev–Trinajstić information content (AvgIpc) is 2.59. The summed E-state index contributed by atoms with van der Waals surface area (Å²) in [6.07, 6.45) is 0. The standard InChI is InChI=1S/C14H20FN3/c1-9(2)18-13(16)17-8-14(18,4)11-6-5-10(3)12(15)7-11/h5-7,9H,8H2,1-4H3,(H2,16,17). The van der Waals surface area contributed by atoms with E-state index in [0.29, 0.717) is 18.1 Å². The number of nitrogens with zero attached hydrogens (tertiary/aromatic N) is 2. The number of guanidine groups is 1. The molecule has 98 valence electrons. The first-order valence-electron chi connectivity index (χ1n) is 6.22. The van der Waals surface area contributed by atoms with Gasteiger partial charge in [-0.25, -0.2) is 4.39 Å². The summed E-state index contributed by atoms with van der Waals surface area (Å²) in [6, 6.07) is 5.59. The molecule has 0 spiro atoms. The molecule has 1 aromatic carbocycles. The van der Waals surface area contributed by atoms with Crippen molar-refractivity contribution in [2.45, 2.75) is 39.3 Å². The fourth-order valence-electron chi connectivity index (χ4n) is 2.63. The van der Waals surface area contributed by atoms with Gasteiger partial charge in [-0.2, -0.15) is 0 Å². The molecule has 1 aliphatic rings. The summed E-state index contributed by atoms with van der Waals surface area (Å²) in [4.78, 5) is 6.37. The van der Waals surface area contributed by atoms with Crippen LogP contribution in [0.2, 0.25) is 0 Å². The minimum Gasteiger partial charge on any atom is -0.370 e. The fourth-order valence-corrected chi connectivity index (χ4v) is 2.63. The predicted molar refractivity (Wildman–Crippen MR) is 72.0 cm³/mol. The molecule has 2 N–H and O–H groups in total. The van der Waals surface area contributed by atoms with E-state index >= 15 is 0 Å². The van der Waals surface area contributed by atoms with E-state index < -0.39 is 0 Å². The highest BCUT2D eigenvalue weighted by molar-refractivity contribution is 5.81. The summed E-state index contributed by atoms with van der Waals surface area (Å²) in [6.45, 7) is 8.52. The molecule has 1 atom stereocenters. The molecule has 0 amide bonds. The summed E-state index contributed by atoms with van der Waals surface area (Å²) in [7, 11) is 0. The van der Waals surface area contributed by atoms with E-state index in [1.165, 1.54) is 0 Å². The second-order valence-corrected chi connectivity index (χ2v) is 5.38. The first-order chi connectivity index (χ1) is 8.36. The Bertz CT molecular complexity index is 496. The molecular weight excluding hydrogens is 229 g/mol. The molecule has 3 nitrogen and oxygen atoms in total. The summed E-state index contributed by atoms with van der Waals surface area (Å²) < 4.78 is 13.7. The van der Waals surface area contributed by atoms with Crippen LogP contribution < -0.4 is 5.73 Å². The Morgan fingerprint density at radius 3 is 2.67 bits per heavy atom. The van der Waals surface area contributed by atoms with Gasteiger partial charge >= 0.3 is 0 Å². The number of rotatable bonds is 2. The smallest absolute Gasteiger partial charge is 0.192 e. The van der Waals surface area contributed by atoms with Crippen LogP contribution in [0.1, 0.15) is 31.9 Å². The highest BCUT2D eigenvalue weighted by Crippen LogP contribution is 2.34. The van der Waals surface area contributed by atoms with Crippen molar-refractivity contribution in [3.63, 3.8) is 0 Å². The molecule has 0 fully saturated rings. The van der Waals surface area contributed by atoms with Crippen molar-refractivity contribution in [2.24, 2.45) is 10.7 Å². The summed E-state index contributed by atoms with van der Waals surface area (Å²) in [5.41, 5.74) is 7.17. The van der Waals surface area contributed by atoms with Crippen molar-refractivity contribution in [3.8, 4) is 0 Å². The molecule has 1 aromatic rings. The lowest BCUT2D eigenvalue weighted by atomic mass is 9.89. The lowest BCUT2D eigenvalue weighted by Crippen LogP contribution is -2.51. The van der Waals surface area contributed by atoms with Crippen LogP contribution >= 0.6 is 0 Å². The molecule has 1 unspecified atom stereocenters. The molecule has 2 rings (SSSR count). The third kappa shape index (κ3) is 1.85. The molecule has 0 saturated heterocycles. The van der Waals surface area contributed by atoms with E-state index in [2.05, 4.69) is 30.7 Å². The highest BCUT2D eigenvalue weighted by atomic mass is 19.1. The van der Waals surface area contributed by atoms with Crippen molar-refractivity contribution in [2.75, 3.05) is 6.54 Å². The van der Waals surface area contributed by atoms with Crippen molar-refractivity contribution in [1.29, 1.82) is 0 Å². The van der Waals surface area contributed by atoms with Crippen LogP contribution in [0.25, 0.3) is 0 Å². The Balaban J connectivity index is 2.45. The van der Waals surface area contributed by atoms with Gasteiger partial charge in [-0.15, -0.1) is 0 Å². The summed E-state index contributed by atoms with van der Waals surface area (Å²) >= 11 is 0. The number of benzene rings is 1. The van der Waals surface area contributed by atoms with Gasteiger partial charge in [-0.05, 0) is 44.9 Å². The van der Waals surface area contributed by atoms with Crippen molar-refractivity contribution in [3.05, 3.63) is 35.1 Å². The summed E-state index contributed by atoms with van der Waals surface area (Å²) in [5, 5.41) is 0. The Morgan fingerprint density at radius 2 is 2.11 bits per heavy atom. The van der Waals surface area contributed by atoms with Crippen LogP contribution in [0.3, 0.4) is 0 Å². The molecule has 1 aliphatic heterocycles. The maximum Gasteiger partial charge on any atom is 0.192 e. The van der Waals surface area contributed by atoms with Gasteiger partial charge in [0.05, 0.1) is 12.1 Å². The van der Waals surface area contributed by atoms with Gasteiger partial charge in [-0.1, -0.05) is 12.1 Å². The zero-order valence-electron chi connectivity index (χ0n) is 11.4. The maximum atomic E-state index is 13.7. The molecule has 1 heterocycles. The normalized spacial score (nSPS) is 23.7. The SMILES string of the molecule is Cc1ccc(C2(C)CN=C(N)N2C(C)C)cc1F. The number of aliphatic imine (C=N–C) groups is 1. The Morgan fingerprint density at radius 1 is 1.44 bits per heavy atom. The van der Waals surface area contributed by atoms with Crippen molar-refractivity contribution < 1.29 is 4.39 Å². The lowest BCUT2D eigenvalue weighted by molar-refractivity contribution is 0.184. The van der Waals surface area contributed by atoms with Crippen LogP contribution in [0.4, 0.5) is 4.39 Å². The number of aryl methyl sites for hydroxylation is 1. The van der Waals surface area contributed by atoms with Gasteiger partial charge in [0.15, 0.2) is 5.96 Å². The Kier molecular flexibility index (Phi) is 3.05. The Labute approximate surface area is 108 Å². The third-order valence-electron chi connectivity index (χ3n) is 3.64. The molecule has 18 heavy (non-hydrogen) atoms. The van der Waals surface area contributed by atoms with Gasteiger partial charge in [0.25, 0.3) is 0 Å². The zero-order valence-corrected chi connectivity index (χ0v) is 11.4. The molecule has 4 heteroatoms. The molecule has 0 aromatic heterocycles. The van der Waals surface area contributed by atoms with E-state index in [1.807, 2.05) is 12.1 Å². The van der Waals surface area contributed by atoms with E-state index in [4.69, 9.17) is 5.73 Å². The predicted octanol–water partition coefficient (Wildman–Crippen LogP) is 2.39. The highest BCUT2D eigenvalue weighted by Gasteiger charge is 2.41. The second-order valence-electron chi connectivity index (χ2n) is 5.38. The van der Waals surface area contributed by atoms with Gasteiger partial charge in [0, 0.05) is 6.04 Å². The molecule has 0 radical (unpaired) electrons. The van der Waals surface area contributed by atoms with E-state index in [0.717, 1.165) is 5.56 Å². The number of halogens is 1.